The van der Waals surface area contributed by atoms with Crippen molar-refractivity contribution in [3.05, 3.63) is 83.0 Å². The van der Waals surface area contributed by atoms with Crippen LogP contribution >= 0.6 is 0 Å². The highest BCUT2D eigenvalue weighted by atomic mass is 19.4. The maximum atomic E-state index is 12.0. The number of allylic oxidation sites excluding steroid dienone is 4. The summed E-state index contributed by atoms with van der Waals surface area (Å²) in [6, 6.07) is 14.4. The van der Waals surface area contributed by atoms with Crippen molar-refractivity contribution in [1.29, 1.82) is 10.8 Å². The molecule has 7 heteroatoms. The standard InChI is InChI=1S/C23H33NO.C7H5F3N2/c1-21(2,3)15-22(4,5)17-13-18(20(25)19(24)14-17)23(6,7)16-11-9-8-10-12-16;8-7(9,10)4-1-2-5(11)6(12)3-4/h8-14,25H,15,24H2,1-7H3;1-3,11-12H. The molecule has 2 aromatic carbocycles. The van der Waals surface area contributed by atoms with Crippen molar-refractivity contribution < 1.29 is 18.3 Å². The molecular formula is C30H38F3N3O. The number of aromatic hydroxyl groups is 1. The third-order valence-electron chi connectivity index (χ3n) is 6.41. The molecule has 0 heterocycles. The third-order valence-corrected chi connectivity index (χ3v) is 6.41. The molecule has 4 nitrogen and oxygen atoms in total. The molecule has 0 saturated carbocycles. The smallest absolute Gasteiger partial charge is 0.416 e. The number of rotatable bonds is 4. The molecule has 0 bridgehead atoms. The number of benzene rings is 2. The second-order valence-electron chi connectivity index (χ2n) is 11.8. The van der Waals surface area contributed by atoms with Crippen molar-refractivity contribution in [2.75, 3.05) is 5.73 Å². The summed E-state index contributed by atoms with van der Waals surface area (Å²) in [5.74, 6) is 0.198. The number of alkyl halides is 3. The molecule has 0 unspecified atom stereocenters. The Kier molecular flexibility index (Phi) is 8.53. The quantitative estimate of drug-likeness (QED) is 0.189. The van der Waals surface area contributed by atoms with Gasteiger partial charge < -0.3 is 10.8 Å². The summed E-state index contributed by atoms with van der Waals surface area (Å²) in [6.07, 6.45) is -0.993. The summed E-state index contributed by atoms with van der Waals surface area (Å²) >= 11 is 0. The number of nitrogen functional groups attached to an aromatic ring is 1. The van der Waals surface area contributed by atoms with Gasteiger partial charge in [-0.05, 0) is 52.7 Å². The minimum Gasteiger partial charge on any atom is -0.505 e. The van der Waals surface area contributed by atoms with Gasteiger partial charge in [0.25, 0.3) is 0 Å². The molecule has 2 aromatic rings. The van der Waals surface area contributed by atoms with Crippen LogP contribution in [0.25, 0.3) is 0 Å². The Bertz CT molecular complexity index is 1220. The van der Waals surface area contributed by atoms with Gasteiger partial charge in [0.1, 0.15) is 5.75 Å². The fourth-order valence-corrected chi connectivity index (χ4v) is 4.68. The fraction of sp³-hybridized carbons (Fsp3) is 0.400. The second kappa shape index (κ2) is 10.6. The number of phenols is 1. The Morgan fingerprint density at radius 3 is 1.86 bits per heavy atom. The number of nitrogens with two attached hydrogens (primary N) is 1. The fourth-order valence-electron chi connectivity index (χ4n) is 4.68. The van der Waals surface area contributed by atoms with Crippen molar-refractivity contribution in [3.63, 3.8) is 0 Å². The summed E-state index contributed by atoms with van der Waals surface area (Å²) in [7, 11) is 0. The van der Waals surface area contributed by atoms with Crippen LogP contribution in [0.2, 0.25) is 0 Å². The maximum absolute atomic E-state index is 12.0. The van der Waals surface area contributed by atoms with E-state index in [1.807, 2.05) is 24.3 Å². The first-order valence-electron chi connectivity index (χ1n) is 12.1. The Morgan fingerprint density at radius 1 is 0.811 bits per heavy atom. The van der Waals surface area contributed by atoms with Gasteiger partial charge in [0, 0.05) is 11.0 Å². The normalized spacial score (nSPS) is 14.7. The van der Waals surface area contributed by atoms with E-state index in [4.69, 9.17) is 16.6 Å². The van der Waals surface area contributed by atoms with Crippen molar-refractivity contribution in [3.8, 4) is 5.75 Å². The first kappa shape index (κ1) is 29.9. The molecule has 0 aromatic heterocycles. The predicted molar refractivity (Wildman–Crippen MR) is 147 cm³/mol. The lowest BCUT2D eigenvalue weighted by atomic mass is 9.70. The second-order valence-corrected chi connectivity index (χ2v) is 11.8. The van der Waals surface area contributed by atoms with Gasteiger partial charge in [-0.25, -0.2) is 0 Å². The van der Waals surface area contributed by atoms with Gasteiger partial charge in [0.05, 0.1) is 22.7 Å². The van der Waals surface area contributed by atoms with Crippen LogP contribution in [0.15, 0.2) is 66.3 Å². The van der Waals surface area contributed by atoms with E-state index >= 15 is 0 Å². The molecule has 3 rings (SSSR count). The zero-order chi connectivity index (χ0) is 28.4. The van der Waals surface area contributed by atoms with Crippen molar-refractivity contribution in [2.24, 2.45) is 5.41 Å². The Labute approximate surface area is 218 Å². The SMILES string of the molecule is CC(C)(C)CC(C)(C)c1cc(N)c(O)c(C(C)(C)c2ccccc2)c1.N=C1C=CC(C(F)(F)F)=CC1=N. The molecule has 0 radical (unpaired) electrons. The molecule has 0 saturated heterocycles. The van der Waals surface area contributed by atoms with Crippen LogP contribution in [-0.4, -0.2) is 22.7 Å². The highest BCUT2D eigenvalue weighted by molar-refractivity contribution is 6.49. The minimum atomic E-state index is -4.43. The number of halogens is 3. The summed E-state index contributed by atoms with van der Waals surface area (Å²) < 4.78 is 35.9. The van der Waals surface area contributed by atoms with Gasteiger partial charge >= 0.3 is 6.18 Å². The molecule has 200 valence electrons. The Hall–Kier alpha value is -3.35. The summed E-state index contributed by atoms with van der Waals surface area (Å²) in [6.45, 7) is 15.6. The van der Waals surface area contributed by atoms with Gasteiger partial charge in [-0.15, -0.1) is 0 Å². The molecule has 0 aliphatic heterocycles. The molecule has 0 atom stereocenters. The van der Waals surface area contributed by atoms with Crippen LogP contribution in [0, 0.1) is 16.2 Å². The number of hydrogen-bond acceptors (Lipinski definition) is 4. The van der Waals surface area contributed by atoms with Crippen LogP contribution in [0.4, 0.5) is 18.9 Å². The first-order valence-corrected chi connectivity index (χ1v) is 12.1. The van der Waals surface area contributed by atoms with E-state index in [2.05, 4.69) is 66.7 Å². The molecule has 0 fully saturated rings. The van der Waals surface area contributed by atoms with Crippen LogP contribution in [0.3, 0.4) is 0 Å². The lowest BCUT2D eigenvalue weighted by molar-refractivity contribution is -0.0881. The molecule has 37 heavy (non-hydrogen) atoms. The number of hydrogen-bond donors (Lipinski definition) is 4. The molecule has 1 aliphatic carbocycles. The van der Waals surface area contributed by atoms with Crippen LogP contribution in [0.1, 0.15) is 71.6 Å². The maximum Gasteiger partial charge on any atom is 0.416 e. The zero-order valence-corrected chi connectivity index (χ0v) is 22.6. The van der Waals surface area contributed by atoms with Gasteiger partial charge in [-0.2, -0.15) is 13.2 Å². The predicted octanol–water partition coefficient (Wildman–Crippen LogP) is 8.10. The Morgan fingerprint density at radius 2 is 1.38 bits per heavy atom. The van der Waals surface area contributed by atoms with Crippen molar-refractivity contribution in [2.45, 2.75) is 71.9 Å². The Balaban J connectivity index is 0.000000335. The van der Waals surface area contributed by atoms with Gasteiger partial charge in [-0.3, -0.25) is 10.8 Å². The van der Waals surface area contributed by atoms with E-state index in [1.165, 1.54) is 5.56 Å². The molecule has 0 amide bonds. The number of anilines is 1. The van der Waals surface area contributed by atoms with Crippen LogP contribution in [0.5, 0.6) is 5.75 Å². The van der Waals surface area contributed by atoms with Gasteiger partial charge in [-0.1, -0.05) is 84.9 Å². The highest BCUT2D eigenvalue weighted by Crippen LogP contribution is 2.44. The molecular weight excluding hydrogens is 475 g/mol. The summed E-state index contributed by atoms with van der Waals surface area (Å²) in [4.78, 5) is 0. The molecule has 5 N–H and O–H groups in total. The lowest BCUT2D eigenvalue weighted by Crippen LogP contribution is -2.26. The van der Waals surface area contributed by atoms with Crippen molar-refractivity contribution >= 4 is 17.1 Å². The minimum absolute atomic E-state index is 0.0262. The van der Waals surface area contributed by atoms with Gasteiger partial charge in [0.15, 0.2) is 0 Å². The highest BCUT2D eigenvalue weighted by Gasteiger charge is 2.34. The zero-order valence-electron chi connectivity index (χ0n) is 22.6. The molecule has 0 spiro atoms. The van der Waals surface area contributed by atoms with E-state index < -0.39 is 17.5 Å². The first-order chi connectivity index (χ1) is 16.8. The van der Waals surface area contributed by atoms with Crippen molar-refractivity contribution in [1.82, 2.24) is 0 Å². The van der Waals surface area contributed by atoms with Gasteiger partial charge in [0.2, 0.25) is 0 Å². The number of nitrogens with one attached hydrogen (secondary N) is 2. The average molecular weight is 514 g/mol. The average Bonchev–Trinajstić information content (AvgIpc) is 2.76. The van der Waals surface area contributed by atoms with E-state index in [-0.39, 0.29) is 27.7 Å². The third kappa shape index (κ3) is 7.57. The van der Waals surface area contributed by atoms with E-state index in [9.17, 15) is 18.3 Å². The largest absolute Gasteiger partial charge is 0.505 e. The monoisotopic (exact) mass is 513 g/mol. The number of phenolic OH excluding ortho intramolecular Hbond substituents is 1. The molecule has 1 aliphatic rings. The topological polar surface area (TPSA) is 93.9 Å². The van der Waals surface area contributed by atoms with E-state index in [0.29, 0.717) is 11.8 Å². The van der Waals surface area contributed by atoms with E-state index in [0.717, 1.165) is 29.7 Å². The van der Waals surface area contributed by atoms with Crippen LogP contribution in [-0.2, 0) is 10.8 Å². The van der Waals surface area contributed by atoms with Crippen LogP contribution < -0.4 is 5.73 Å². The lowest BCUT2D eigenvalue weighted by Gasteiger charge is -2.35. The summed E-state index contributed by atoms with van der Waals surface area (Å²) in [5.41, 5.74) is 8.25. The van der Waals surface area contributed by atoms with E-state index in [1.54, 1.807) is 0 Å². The summed E-state index contributed by atoms with van der Waals surface area (Å²) in [5, 5.41) is 24.6.